The minimum absolute atomic E-state index is 0.383. The number of rotatable bonds is 5. The first kappa shape index (κ1) is 17.0. The second kappa shape index (κ2) is 7.65. The van der Waals surface area contributed by atoms with Gasteiger partial charge >= 0.3 is 6.09 Å². The molecule has 0 fully saturated rings. The van der Waals surface area contributed by atoms with Gasteiger partial charge in [0.05, 0.1) is 18.2 Å². The Labute approximate surface area is 126 Å². The van der Waals surface area contributed by atoms with E-state index in [1.807, 2.05) is 26.8 Å². The Hall–Kier alpha value is -2.06. The number of hydrogen-bond donors (Lipinski definition) is 0. The second-order valence-electron chi connectivity index (χ2n) is 5.71. The molecule has 0 aliphatic heterocycles. The molecule has 0 saturated heterocycles. The highest BCUT2D eigenvalue weighted by molar-refractivity contribution is 5.68. The van der Waals surface area contributed by atoms with Crippen molar-refractivity contribution in [3.63, 3.8) is 0 Å². The largest absolute Gasteiger partial charge is 0.444 e. The van der Waals surface area contributed by atoms with Crippen molar-refractivity contribution in [2.45, 2.75) is 32.9 Å². The Morgan fingerprint density at radius 1 is 1.38 bits per heavy atom. The van der Waals surface area contributed by atoms with Crippen molar-refractivity contribution in [1.29, 1.82) is 5.26 Å². The number of carbonyl (C=O) groups excluding carboxylic acids is 1. The predicted molar refractivity (Wildman–Crippen MR) is 79.7 cm³/mol. The number of benzene rings is 1. The van der Waals surface area contributed by atoms with Gasteiger partial charge in [-0.15, -0.1) is 0 Å². The fourth-order valence-electron chi connectivity index (χ4n) is 1.72. The van der Waals surface area contributed by atoms with Gasteiger partial charge in [-0.3, -0.25) is 0 Å². The third kappa shape index (κ3) is 6.28. The first-order valence-corrected chi connectivity index (χ1v) is 6.81. The summed E-state index contributed by atoms with van der Waals surface area (Å²) < 4.78 is 10.4. The summed E-state index contributed by atoms with van der Waals surface area (Å²) in [6, 6.07) is 9.28. The van der Waals surface area contributed by atoms with Crippen LogP contribution in [0.1, 0.15) is 31.9 Å². The monoisotopic (exact) mass is 290 g/mol. The Morgan fingerprint density at radius 3 is 2.67 bits per heavy atom. The smallest absolute Gasteiger partial charge is 0.410 e. The molecule has 0 heterocycles. The lowest BCUT2D eigenvalue weighted by Gasteiger charge is -2.27. The predicted octanol–water partition coefficient (Wildman–Crippen LogP) is 2.94. The minimum Gasteiger partial charge on any atom is -0.444 e. The van der Waals surface area contributed by atoms with Crippen molar-refractivity contribution in [2.75, 3.05) is 20.3 Å². The summed E-state index contributed by atoms with van der Waals surface area (Å²) in [5, 5.41) is 8.92. The van der Waals surface area contributed by atoms with Gasteiger partial charge in [0.15, 0.2) is 0 Å². The quantitative estimate of drug-likeness (QED) is 0.836. The molecule has 1 aromatic rings. The maximum Gasteiger partial charge on any atom is 0.410 e. The molecule has 0 bridgehead atoms. The molecule has 0 aliphatic rings. The van der Waals surface area contributed by atoms with Crippen LogP contribution in [0.15, 0.2) is 24.3 Å². The van der Waals surface area contributed by atoms with Crippen molar-refractivity contribution in [3.05, 3.63) is 35.4 Å². The van der Waals surface area contributed by atoms with E-state index in [0.717, 1.165) is 5.56 Å². The van der Waals surface area contributed by atoms with Gasteiger partial charge in [0.2, 0.25) is 0 Å². The first-order valence-electron chi connectivity index (χ1n) is 6.81. The van der Waals surface area contributed by atoms with E-state index in [9.17, 15) is 4.79 Å². The van der Waals surface area contributed by atoms with Gasteiger partial charge in [0.25, 0.3) is 0 Å². The highest BCUT2D eigenvalue weighted by atomic mass is 16.6. The maximum absolute atomic E-state index is 12.2. The van der Waals surface area contributed by atoms with Gasteiger partial charge in [-0.2, -0.15) is 5.26 Å². The summed E-state index contributed by atoms with van der Waals surface area (Å²) in [6.45, 7) is 6.73. The number of ether oxygens (including phenoxy) is 2. The van der Waals surface area contributed by atoms with E-state index in [1.54, 1.807) is 30.2 Å². The van der Waals surface area contributed by atoms with Gasteiger partial charge in [-0.05, 0) is 38.5 Å². The molecule has 0 atom stereocenters. The van der Waals surface area contributed by atoms with Crippen LogP contribution < -0.4 is 0 Å². The third-order valence-corrected chi connectivity index (χ3v) is 2.65. The number of amides is 1. The van der Waals surface area contributed by atoms with Gasteiger partial charge < -0.3 is 14.4 Å². The zero-order valence-electron chi connectivity index (χ0n) is 13.0. The normalized spacial score (nSPS) is 10.8. The first-order chi connectivity index (χ1) is 9.85. The summed E-state index contributed by atoms with van der Waals surface area (Å²) >= 11 is 0. The maximum atomic E-state index is 12.2. The molecule has 0 saturated carbocycles. The molecule has 0 spiro atoms. The van der Waals surface area contributed by atoms with Crippen LogP contribution in [0.2, 0.25) is 0 Å². The molecule has 5 heteroatoms. The summed E-state index contributed by atoms with van der Waals surface area (Å²) in [5.41, 5.74) is 0.913. The molecule has 0 radical (unpaired) electrons. The van der Waals surface area contributed by atoms with Crippen molar-refractivity contribution in [1.82, 2.24) is 4.90 Å². The molecule has 0 aliphatic carbocycles. The lowest BCUT2D eigenvalue weighted by atomic mass is 10.1. The summed E-state index contributed by atoms with van der Waals surface area (Å²) in [6.07, 6.45) is -0.387. The SMILES string of the molecule is COCCN(Cc1cccc(C#N)c1)C(=O)OC(C)(C)C. The van der Waals surface area contributed by atoms with Gasteiger partial charge in [-0.1, -0.05) is 12.1 Å². The average Bonchev–Trinajstić information content (AvgIpc) is 2.41. The van der Waals surface area contributed by atoms with Gasteiger partial charge in [0, 0.05) is 20.2 Å². The molecule has 0 N–H and O–H groups in total. The van der Waals surface area contributed by atoms with E-state index in [4.69, 9.17) is 14.7 Å². The highest BCUT2D eigenvalue weighted by Crippen LogP contribution is 2.13. The van der Waals surface area contributed by atoms with Crippen molar-refractivity contribution >= 4 is 6.09 Å². The molecule has 5 nitrogen and oxygen atoms in total. The molecular weight excluding hydrogens is 268 g/mol. The second-order valence-corrected chi connectivity index (χ2v) is 5.71. The molecule has 114 valence electrons. The summed E-state index contributed by atoms with van der Waals surface area (Å²) in [4.78, 5) is 13.8. The van der Waals surface area contributed by atoms with Crippen molar-refractivity contribution in [2.24, 2.45) is 0 Å². The van der Waals surface area contributed by atoms with Crippen LogP contribution in [0.5, 0.6) is 0 Å². The van der Waals surface area contributed by atoms with E-state index in [1.165, 1.54) is 0 Å². The van der Waals surface area contributed by atoms with Crippen LogP contribution in [-0.2, 0) is 16.0 Å². The van der Waals surface area contributed by atoms with Crippen LogP contribution in [0.25, 0.3) is 0 Å². The van der Waals surface area contributed by atoms with Crippen LogP contribution in [0.4, 0.5) is 4.79 Å². The number of nitrogens with zero attached hydrogens (tertiary/aromatic N) is 2. The molecule has 1 rings (SSSR count). The van der Waals surface area contributed by atoms with Crippen molar-refractivity contribution in [3.8, 4) is 6.07 Å². The van der Waals surface area contributed by atoms with Gasteiger partial charge in [-0.25, -0.2) is 4.79 Å². The molecule has 1 amide bonds. The average molecular weight is 290 g/mol. The van der Waals surface area contributed by atoms with E-state index in [2.05, 4.69) is 6.07 Å². The number of methoxy groups -OCH3 is 1. The standard InChI is InChI=1S/C16H22N2O3/c1-16(2,3)21-15(19)18(8-9-20-4)12-14-7-5-6-13(10-14)11-17/h5-7,10H,8-9,12H2,1-4H3. The number of nitriles is 1. The van der Waals surface area contributed by atoms with Crippen LogP contribution >= 0.6 is 0 Å². The molecule has 0 unspecified atom stereocenters. The van der Waals surface area contributed by atoms with Gasteiger partial charge in [0.1, 0.15) is 5.60 Å². The summed E-state index contributed by atoms with van der Waals surface area (Å²) in [5.74, 6) is 0. The molecule has 0 aromatic heterocycles. The third-order valence-electron chi connectivity index (χ3n) is 2.65. The lowest BCUT2D eigenvalue weighted by Crippen LogP contribution is -2.38. The van der Waals surface area contributed by atoms with E-state index in [-0.39, 0.29) is 6.09 Å². The van der Waals surface area contributed by atoms with E-state index < -0.39 is 5.60 Å². The topological polar surface area (TPSA) is 62.6 Å². The number of carbonyl (C=O) groups is 1. The van der Waals surface area contributed by atoms with Crippen LogP contribution in [0, 0.1) is 11.3 Å². The van der Waals surface area contributed by atoms with Crippen molar-refractivity contribution < 1.29 is 14.3 Å². The minimum atomic E-state index is -0.545. The Kier molecular flexibility index (Phi) is 6.19. The van der Waals surface area contributed by atoms with E-state index in [0.29, 0.717) is 25.3 Å². The molecule has 1 aromatic carbocycles. The number of hydrogen-bond acceptors (Lipinski definition) is 4. The van der Waals surface area contributed by atoms with E-state index >= 15 is 0 Å². The van der Waals surface area contributed by atoms with Crippen LogP contribution in [0.3, 0.4) is 0 Å². The Balaban J connectivity index is 2.82. The lowest BCUT2D eigenvalue weighted by molar-refractivity contribution is 0.0184. The fraction of sp³-hybridized carbons (Fsp3) is 0.500. The zero-order valence-corrected chi connectivity index (χ0v) is 13.0. The summed E-state index contributed by atoms with van der Waals surface area (Å²) in [7, 11) is 1.59. The van der Waals surface area contributed by atoms with Crippen LogP contribution in [-0.4, -0.2) is 36.9 Å². The Bertz CT molecular complexity index is 515. The fourth-order valence-corrected chi connectivity index (χ4v) is 1.72. The highest BCUT2D eigenvalue weighted by Gasteiger charge is 2.22. The Morgan fingerprint density at radius 2 is 2.10 bits per heavy atom. The molecule has 21 heavy (non-hydrogen) atoms. The molecular formula is C16H22N2O3. The zero-order chi connectivity index (χ0) is 15.9.